The second-order valence-corrected chi connectivity index (χ2v) is 7.60. The fourth-order valence-electron chi connectivity index (χ4n) is 3.22. The molecule has 1 aromatic rings. The normalized spacial score (nSPS) is 26.1. The number of nitrogens with zero attached hydrogens (tertiary/aromatic N) is 2. The van der Waals surface area contributed by atoms with Gasteiger partial charge in [-0.2, -0.15) is 0 Å². The highest BCUT2D eigenvalue weighted by molar-refractivity contribution is 5.75. The predicted molar refractivity (Wildman–Crippen MR) is 87.5 cm³/mol. The summed E-state index contributed by atoms with van der Waals surface area (Å²) in [6.07, 6.45) is 0.509. The molecule has 0 amide bonds. The molecule has 126 valence electrons. The van der Waals surface area contributed by atoms with Crippen molar-refractivity contribution in [3.8, 4) is 0 Å². The van der Waals surface area contributed by atoms with Gasteiger partial charge in [0.25, 0.3) is 0 Å². The van der Waals surface area contributed by atoms with Gasteiger partial charge >= 0.3 is 5.97 Å². The number of carbonyl (C=O) groups excluding carboxylic acids is 1. The van der Waals surface area contributed by atoms with Gasteiger partial charge in [-0.15, -0.1) is 5.06 Å². The minimum atomic E-state index is -0.535. The largest absolute Gasteiger partial charge is 0.390 e. The lowest BCUT2D eigenvalue weighted by atomic mass is 9.98. The van der Waals surface area contributed by atoms with Crippen molar-refractivity contribution in [2.45, 2.75) is 45.9 Å². The van der Waals surface area contributed by atoms with Crippen molar-refractivity contribution < 1.29 is 14.7 Å². The highest BCUT2D eigenvalue weighted by atomic mass is 16.7. The topological polar surface area (TPSA) is 53.0 Å². The van der Waals surface area contributed by atoms with Crippen molar-refractivity contribution in [2.75, 3.05) is 19.6 Å². The van der Waals surface area contributed by atoms with Crippen LogP contribution in [0.25, 0.3) is 0 Å². The van der Waals surface area contributed by atoms with Crippen LogP contribution in [0.15, 0.2) is 24.3 Å². The van der Waals surface area contributed by atoms with E-state index in [9.17, 15) is 9.90 Å². The second kappa shape index (κ2) is 6.23. The van der Waals surface area contributed by atoms with Crippen molar-refractivity contribution in [3.05, 3.63) is 35.4 Å². The summed E-state index contributed by atoms with van der Waals surface area (Å²) in [4.78, 5) is 19.8. The Morgan fingerprint density at radius 3 is 2.61 bits per heavy atom. The third kappa shape index (κ3) is 3.57. The molecule has 2 unspecified atom stereocenters. The molecule has 0 saturated carbocycles. The number of fused-ring (bicyclic) bond motifs is 1. The summed E-state index contributed by atoms with van der Waals surface area (Å²) < 4.78 is 0. The van der Waals surface area contributed by atoms with Gasteiger partial charge in [0.15, 0.2) is 0 Å². The minimum Gasteiger partial charge on any atom is -0.390 e. The molecule has 2 aliphatic heterocycles. The zero-order valence-corrected chi connectivity index (χ0v) is 14.2. The number of hydrogen-bond donors (Lipinski definition) is 1. The Kier molecular flexibility index (Phi) is 4.45. The Bertz CT molecular complexity index is 582. The lowest BCUT2D eigenvalue weighted by molar-refractivity contribution is -0.197. The summed E-state index contributed by atoms with van der Waals surface area (Å²) in [7, 11) is 0. The first kappa shape index (κ1) is 16.4. The van der Waals surface area contributed by atoms with Crippen LogP contribution in [0.4, 0.5) is 0 Å². The number of benzene rings is 1. The van der Waals surface area contributed by atoms with Crippen LogP contribution in [-0.2, 0) is 22.6 Å². The summed E-state index contributed by atoms with van der Waals surface area (Å²) in [5.74, 6) is -0.255. The van der Waals surface area contributed by atoms with Crippen molar-refractivity contribution in [3.63, 3.8) is 0 Å². The van der Waals surface area contributed by atoms with Crippen LogP contribution in [-0.4, -0.2) is 52.8 Å². The Hall–Kier alpha value is -1.43. The molecule has 2 atom stereocenters. The zero-order valence-electron chi connectivity index (χ0n) is 14.2. The van der Waals surface area contributed by atoms with Crippen molar-refractivity contribution in [1.82, 2.24) is 9.96 Å². The maximum Gasteiger partial charge on any atom is 0.330 e. The van der Waals surface area contributed by atoms with E-state index in [4.69, 9.17) is 4.84 Å². The quantitative estimate of drug-likeness (QED) is 0.897. The maximum absolute atomic E-state index is 12.0. The molecule has 3 rings (SSSR count). The van der Waals surface area contributed by atoms with Crippen LogP contribution >= 0.6 is 0 Å². The van der Waals surface area contributed by atoms with Gasteiger partial charge in [-0.05, 0) is 38.3 Å². The molecule has 0 aromatic heterocycles. The molecule has 0 bridgehead atoms. The van der Waals surface area contributed by atoms with Crippen molar-refractivity contribution in [1.29, 1.82) is 0 Å². The molecule has 1 aromatic carbocycles. The monoisotopic (exact) mass is 318 g/mol. The van der Waals surface area contributed by atoms with Crippen LogP contribution in [0.3, 0.4) is 0 Å². The van der Waals surface area contributed by atoms with Gasteiger partial charge in [-0.3, -0.25) is 4.90 Å². The van der Waals surface area contributed by atoms with Crippen LogP contribution in [0, 0.1) is 5.41 Å². The molecule has 0 radical (unpaired) electrons. The van der Waals surface area contributed by atoms with Crippen molar-refractivity contribution >= 4 is 5.97 Å². The van der Waals surface area contributed by atoms with Gasteiger partial charge in [0, 0.05) is 13.1 Å². The Labute approximate surface area is 137 Å². The molecule has 1 saturated heterocycles. The summed E-state index contributed by atoms with van der Waals surface area (Å²) >= 11 is 0. The summed E-state index contributed by atoms with van der Waals surface area (Å²) in [6, 6.07) is 8.48. The van der Waals surface area contributed by atoms with E-state index in [1.165, 1.54) is 11.1 Å². The van der Waals surface area contributed by atoms with E-state index in [0.29, 0.717) is 13.1 Å². The minimum absolute atomic E-state index is 0.0103. The lowest BCUT2D eigenvalue weighted by Crippen LogP contribution is -2.45. The molecule has 1 fully saturated rings. The fourth-order valence-corrected chi connectivity index (χ4v) is 3.22. The van der Waals surface area contributed by atoms with Gasteiger partial charge in [0.2, 0.25) is 0 Å². The fraction of sp³-hybridized carbons (Fsp3) is 0.611. The van der Waals surface area contributed by atoms with Crippen LogP contribution < -0.4 is 0 Å². The highest BCUT2D eigenvalue weighted by Gasteiger charge is 2.39. The van der Waals surface area contributed by atoms with Crippen LogP contribution in [0.5, 0.6) is 0 Å². The van der Waals surface area contributed by atoms with E-state index in [0.717, 1.165) is 19.5 Å². The molecule has 0 spiro atoms. The maximum atomic E-state index is 12.0. The van der Waals surface area contributed by atoms with Crippen molar-refractivity contribution in [2.24, 2.45) is 5.41 Å². The predicted octanol–water partition coefficient (Wildman–Crippen LogP) is 1.59. The van der Waals surface area contributed by atoms with Gasteiger partial charge in [0.1, 0.15) is 0 Å². The van der Waals surface area contributed by atoms with E-state index in [1.54, 1.807) is 5.06 Å². The molecule has 5 nitrogen and oxygen atoms in total. The summed E-state index contributed by atoms with van der Waals surface area (Å²) in [5, 5.41) is 12.0. The number of β-amino-alcohol motifs (C(OH)–C–C–N with tert-alkyl or cyclic N) is 1. The van der Waals surface area contributed by atoms with Crippen LogP contribution in [0.2, 0.25) is 0 Å². The Morgan fingerprint density at radius 2 is 1.91 bits per heavy atom. The van der Waals surface area contributed by atoms with E-state index in [2.05, 4.69) is 29.2 Å². The molecular formula is C18H26N2O3. The lowest BCUT2D eigenvalue weighted by Gasteiger charge is -2.34. The summed E-state index contributed by atoms with van der Waals surface area (Å²) in [6.45, 7) is 8.22. The van der Waals surface area contributed by atoms with E-state index >= 15 is 0 Å². The molecule has 2 aliphatic rings. The van der Waals surface area contributed by atoms with Gasteiger partial charge < -0.3 is 9.94 Å². The van der Waals surface area contributed by atoms with E-state index in [-0.39, 0.29) is 12.0 Å². The first-order valence-corrected chi connectivity index (χ1v) is 8.31. The first-order valence-electron chi connectivity index (χ1n) is 8.31. The Morgan fingerprint density at radius 1 is 1.22 bits per heavy atom. The van der Waals surface area contributed by atoms with Crippen LogP contribution in [0.1, 0.15) is 31.9 Å². The second-order valence-electron chi connectivity index (χ2n) is 7.60. The highest BCUT2D eigenvalue weighted by Crippen LogP contribution is 2.26. The molecule has 23 heavy (non-hydrogen) atoms. The number of hydrogen-bond acceptors (Lipinski definition) is 5. The molecule has 2 heterocycles. The standard InChI is InChI=1S/C18H26N2O3/c1-18(2,3)17(22)23-20-11-15(16(21)12-20)19-9-8-13-6-4-5-7-14(13)10-19/h4-7,15-16,21H,8-12H2,1-3H3. The SMILES string of the molecule is CC(C)(C)C(=O)ON1CC(O)C(N2CCc3ccccc3C2)C1. The molecule has 0 aliphatic carbocycles. The van der Waals surface area contributed by atoms with Gasteiger partial charge in [-0.25, -0.2) is 4.79 Å². The average Bonchev–Trinajstić information content (AvgIpc) is 2.86. The average molecular weight is 318 g/mol. The third-order valence-corrected chi connectivity index (χ3v) is 4.68. The molecular weight excluding hydrogens is 292 g/mol. The first-order chi connectivity index (χ1) is 10.8. The molecule has 1 N–H and O–H groups in total. The number of aliphatic hydroxyl groups is 1. The molecule has 5 heteroatoms. The van der Waals surface area contributed by atoms with Gasteiger partial charge in [0.05, 0.1) is 30.7 Å². The van der Waals surface area contributed by atoms with Gasteiger partial charge in [-0.1, -0.05) is 24.3 Å². The third-order valence-electron chi connectivity index (χ3n) is 4.68. The van der Waals surface area contributed by atoms with E-state index in [1.807, 2.05) is 20.8 Å². The van der Waals surface area contributed by atoms with E-state index < -0.39 is 11.5 Å². The Balaban J connectivity index is 1.63. The number of carbonyl (C=O) groups is 1. The number of aliphatic hydroxyl groups excluding tert-OH is 1. The smallest absolute Gasteiger partial charge is 0.330 e. The zero-order chi connectivity index (χ0) is 16.6. The number of hydroxylamine groups is 2. The number of rotatable bonds is 2. The summed E-state index contributed by atoms with van der Waals surface area (Å²) in [5.41, 5.74) is 2.19.